The second kappa shape index (κ2) is 5.17. The summed E-state index contributed by atoms with van der Waals surface area (Å²) < 4.78 is 0. The molecule has 1 aliphatic rings. The van der Waals surface area contributed by atoms with E-state index in [2.05, 4.69) is 26.1 Å². The van der Waals surface area contributed by atoms with Gasteiger partial charge in [0.05, 0.1) is 6.61 Å². The molecule has 2 N–H and O–H groups in total. The molecule has 1 fully saturated rings. The smallest absolute Gasteiger partial charge is 0.220 e. The number of hydrogen-bond acceptors (Lipinski definition) is 2. The van der Waals surface area contributed by atoms with Gasteiger partial charge >= 0.3 is 0 Å². The fraction of sp³-hybridized carbons (Fsp3) is 0.923. The van der Waals surface area contributed by atoms with Crippen molar-refractivity contribution in [3.05, 3.63) is 0 Å². The Kier molecular flexibility index (Phi) is 4.36. The number of hydrogen-bond donors (Lipinski definition) is 2. The van der Waals surface area contributed by atoms with E-state index in [0.29, 0.717) is 13.0 Å². The number of carbonyl (C=O) groups is 1. The van der Waals surface area contributed by atoms with Crippen LogP contribution in [0.15, 0.2) is 0 Å². The van der Waals surface area contributed by atoms with Crippen LogP contribution in [0, 0.1) is 10.8 Å². The lowest BCUT2D eigenvalue weighted by Crippen LogP contribution is -2.39. The minimum atomic E-state index is -0.0342. The highest BCUT2D eigenvalue weighted by atomic mass is 16.3. The number of aliphatic hydroxyl groups excluding tert-OH is 1. The molecule has 16 heavy (non-hydrogen) atoms. The van der Waals surface area contributed by atoms with Crippen LogP contribution in [0.1, 0.15) is 52.9 Å². The van der Waals surface area contributed by atoms with Crippen molar-refractivity contribution in [2.24, 2.45) is 10.8 Å². The third kappa shape index (κ3) is 4.12. The number of carbonyl (C=O) groups excluding carboxylic acids is 1. The van der Waals surface area contributed by atoms with Crippen LogP contribution in [-0.2, 0) is 4.79 Å². The molecule has 0 atom stereocenters. The summed E-state index contributed by atoms with van der Waals surface area (Å²) in [5.74, 6) is 0.104. The lowest BCUT2D eigenvalue weighted by Gasteiger charge is -2.27. The molecular formula is C13H25NO2. The van der Waals surface area contributed by atoms with Crippen molar-refractivity contribution in [2.75, 3.05) is 13.2 Å². The highest BCUT2D eigenvalue weighted by Crippen LogP contribution is 2.36. The van der Waals surface area contributed by atoms with Gasteiger partial charge in [0, 0.05) is 18.4 Å². The maximum Gasteiger partial charge on any atom is 0.220 e. The molecule has 0 aromatic rings. The predicted octanol–water partition coefficient (Wildman–Crippen LogP) is 2.09. The van der Waals surface area contributed by atoms with Gasteiger partial charge in [0.2, 0.25) is 5.91 Å². The summed E-state index contributed by atoms with van der Waals surface area (Å²) in [7, 11) is 0. The third-order valence-corrected chi connectivity index (χ3v) is 3.35. The van der Waals surface area contributed by atoms with Crippen molar-refractivity contribution in [1.82, 2.24) is 5.32 Å². The van der Waals surface area contributed by atoms with Gasteiger partial charge in [-0.2, -0.15) is 0 Å². The molecule has 0 bridgehead atoms. The molecule has 0 aliphatic heterocycles. The lowest BCUT2D eigenvalue weighted by atomic mass is 9.86. The van der Waals surface area contributed by atoms with Crippen LogP contribution < -0.4 is 5.32 Å². The second-order valence-corrected chi connectivity index (χ2v) is 6.38. The number of nitrogens with one attached hydrogen (secondary N) is 1. The topological polar surface area (TPSA) is 49.3 Å². The molecule has 94 valence electrons. The number of amides is 1. The van der Waals surface area contributed by atoms with Crippen LogP contribution in [0.3, 0.4) is 0 Å². The molecule has 1 amide bonds. The molecule has 0 saturated heterocycles. The van der Waals surface area contributed by atoms with Gasteiger partial charge in [-0.15, -0.1) is 0 Å². The first-order valence-corrected chi connectivity index (χ1v) is 6.25. The highest BCUT2D eigenvalue weighted by Gasteiger charge is 2.33. The van der Waals surface area contributed by atoms with Crippen molar-refractivity contribution in [3.63, 3.8) is 0 Å². The van der Waals surface area contributed by atoms with Crippen molar-refractivity contribution in [1.29, 1.82) is 0 Å². The Hall–Kier alpha value is -0.570. The van der Waals surface area contributed by atoms with E-state index in [1.807, 2.05) is 0 Å². The maximum atomic E-state index is 11.7. The maximum absolute atomic E-state index is 11.7. The SMILES string of the molecule is CC(C)(C)CC(=O)NCC1(CO)CCCC1. The van der Waals surface area contributed by atoms with E-state index in [0.717, 1.165) is 12.8 Å². The zero-order valence-electron chi connectivity index (χ0n) is 10.8. The lowest BCUT2D eigenvalue weighted by molar-refractivity contribution is -0.123. The normalized spacial score (nSPS) is 19.8. The summed E-state index contributed by atoms with van der Waals surface area (Å²) >= 11 is 0. The molecule has 0 radical (unpaired) electrons. The Balaban J connectivity index is 2.35. The molecule has 0 aromatic carbocycles. The van der Waals surface area contributed by atoms with Crippen LogP contribution in [-0.4, -0.2) is 24.2 Å². The first kappa shape index (κ1) is 13.5. The summed E-state index contributed by atoms with van der Waals surface area (Å²) in [5, 5.41) is 12.4. The van der Waals surface area contributed by atoms with Gasteiger partial charge in [0.1, 0.15) is 0 Å². The minimum Gasteiger partial charge on any atom is -0.396 e. The second-order valence-electron chi connectivity index (χ2n) is 6.38. The number of aliphatic hydroxyl groups is 1. The van der Waals surface area contributed by atoms with Crippen LogP contribution in [0.5, 0.6) is 0 Å². The van der Waals surface area contributed by atoms with Gasteiger partial charge < -0.3 is 10.4 Å². The largest absolute Gasteiger partial charge is 0.396 e. The predicted molar refractivity (Wildman–Crippen MR) is 65.1 cm³/mol. The molecule has 0 unspecified atom stereocenters. The summed E-state index contributed by atoms with van der Waals surface area (Å²) in [4.78, 5) is 11.7. The molecule has 0 spiro atoms. The van der Waals surface area contributed by atoms with Gasteiger partial charge in [0.15, 0.2) is 0 Å². The summed E-state index contributed by atoms with van der Waals surface area (Å²) in [6.07, 6.45) is 4.98. The zero-order valence-corrected chi connectivity index (χ0v) is 10.8. The fourth-order valence-corrected chi connectivity index (χ4v) is 2.35. The Labute approximate surface area is 98.6 Å². The van der Waals surface area contributed by atoms with E-state index in [-0.39, 0.29) is 23.3 Å². The van der Waals surface area contributed by atoms with E-state index < -0.39 is 0 Å². The molecular weight excluding hydrogens is 202 g/mol. The van der Waals surface area contributed by atoms with E-state index in [1.165, 1.54) is 12.8 Å². The Morgan fingerprint density at radius 2 is 1.88 bits per heavy atom. The van der Waals surface area contributed by atoms with Crippen molar-refractivity contribution < 1.29 is 9.90 Å². The molecule has 1 aliphatic carbocycles. The molecule has 3 nitrogen and oxygen atoms in total. The minimum absolute atomic E-state index is 0.0339. The van der Waals surface area contributed by atoms with Crippen molar-refractivity contribution >= 4 is 5.91 Å². The molecule has 3 heteroatoms. The van der Waals surface area contributed by atoms with E-state index in [9.17, 15) is 9.90 Å². The molecule has 0 heterocycles. The van der Waals surface area contributed by atoms with Crippen LogP contribution >= 0.6 is 0 Å². The fourth-order valence-electron chi connectivity index (χ4n) is 2.35. The Morgan fingerprint density at radius 3 is 2.31 bits per heavy atom. The van der Waals surface area contributed by atoms with Crippen molar-refractivity contribution in [2.45, 2.75) is 52.9 Å². The van der Waals surface area contributed by atoms with Gasteiger partial charge in [-0.05, 0) is 18.3 Å². The van der Waals surface area contributed by atoms with Crippen LogP contribution in [0.25, 0.3) is 0 Å². The molecule has 1 saturated carbocycles. The molecule has 1 rings (SSSR count). The Morgan fingerprint density at radius 1 is 1.31 bits per heavy atom. The van der Waals surface area contributed by atoms with Crippen LogP contribution in [0.2, 0.25) is 0 Å². The monoisotopic (exact) mass is 227 g/mol. The highest BCUT2D eigenvalue weighted by molar-refractivity contribution is 5.76. The zero-order chi connectivity index (χ0) is 12.2. The average Bonchev–Trinajstić information content (AvgIpc) is 2.61. The van der Waals surface area contributed by atoms with Gasteiger partial charge in [-0.3, -0.25) is 4.79 Å². The van der Waals surface area contributed by atoms with E-state index in [4.69, 9.17) is 0 Å². The summed E-state index contributed by atoms with van der Waals surface area (Å²) in [6.45, 7) is 7.01. The standard InChI is InChI=1S/C13H25NO2/c1-12(2,3)8-11(16)14-9-13(10-15)6-4-5-7-13/h15H,4-10H2,1-3H3,(H,14,16). The summed E-state index contributed by atoms with van der Waals surface area (Å²) in [6, 6.07) is 0. The quantitative estimate of drug-likeness (QED) is 0.772. The van der Waals surface area contributed by atoms with E-state index in [1.54, 1.807) is 0 Å². The first-order chi connectivity index (χ1) is 7.37. The average molecular weight is 227 g/mol. The van der Waals surface area contributed by atoms with Gasteiger partial charge in [0.25, 0.3) is 0 Å². The first-order valence-electron chi connectivity index (χ1n) is 6.25. The number of rotatable bonds is 4. The van der Waals surface area contributed by atoms with E-state index >= 15 is 0 Å². The summed E-state index contributed by atoms with van der Waals surface area (Å²) in [5.41, 5.74) is -0.000316. The van der Waals surface area contributed by atoms with Gasteiger partial charge in [-0.1, -0.05) is 33.6 Å². The van der Waals surface area contributed by atoms with Crippen LogP contribution in [0.4, 0.5) is 0 Å². The Bertz CT molecular complexity index is 237. The molecule has 0 aromatic heterocycles. The van der Waals surface area contributed by atoms with Crippen molar-refractivity contribution in [3.8, 4) is 0 Å². The van der Waals surface area contributed by atoms with Gasteiger partial charge in [-0.25, -0.2) is 0 Å². The third-order valence-electron chi connectivity index (χ3n) is 3.35.